The average Bonchev–Trinajstić information content (AvgIpc) is 2.33. The van der Waals surface area contributed by atoms with Gasteiger partial charge in [-0.3, -0.25) is 0 Å². The number of carbonyl (C=O) groups excluding carboxylic acids is 1. The smallest absolute Gasteiger partial charge is 0.326 e. The summed E-state index contributed by atoms with van der Waals surface area (Å²) in [6.45, 7) is -0.439. The zero-order valence-electron chi connectivity index (χ0n) is 9.99. The number of aliphatic hydroxyl groups is 1. The number of carboxylic acid groups (broad SMARTS) is 1. The van der Waals surface area contributed by atoms with Crippen LogP contribution in [0.5, 0.6) is 0 Å². The summed E-state index contributed by atoms with van der Waals surface area (Å²) in [5.41, 5.74) is -0.322. The fraction of sp³-hybridized carbons (Fsp3) is 0.273. The Kier molecular flexibility index (Phi) is 5.83. The Morgan fingerprint density at radius 3 is 2.50 bits per heavy atom. The number of halogens is 3. The highest BCUT2D eigenvalue weighted by Gasteiger charge is 2.20. The van der Waals surface area contributed by atoms with Crippen molar-refractivity contribution >= 4 is 33.6 Å². The van der Waals surface area contributed by atoms with Crippen LogP contribution in [0.25, 0.3) is 0 Å². The number of aliphatic hydroxyl groups excluding tert-OH is 1. The molecule has 0 aliphatic heterocycles. The van der Waals surface area contributed by atoms with Crippen molar-refractivity contribution < 1.29 is 28.6 Å². The van der Waals surface area contributed by atoms with Crippen LogP contribution >= 0.6 is 15.9 Å². The van der Waals surface area contributed by atoms with Gasteiger partial charge in [0.1, 0.15) is 11.9 Å². The van der Waals surface area contributed by atoms with E-state index in [0.29, 0.717) is 6.07 Å². The molecule has 20 heavy (non-hydrogen) atoms. The molecule has 1 aromatic rings. The molecule has 0 radical (unpaired) electrons. The van der Waals surface area contributed by atoms with E-state index in [1.165, 1.54) is 0 Å². The molecule has 110 valence electrons. The van der Waals surface area contributed by atoms with Crippen molar-refractivity contribution in [3.63, 3.8) is 0 Å². The minimum absolute atomic E-state index is 0.0285. The third-order valence-electron chi connectivity index (χ3n) is 2.27. The van der Waals surface area contributed by atoms with Crippen LogP contribution in [0.15, 0.2) is 16.6 Å². The van der Waals surface area contributed by atoms with E-state index in [-0.39, 0.29) is 16.6 Å². The number of amides is 2. The summed E-state index contributed by atoms with van der Waals surface area (Å²) < 4.78 is 26.3. The molecule has 0 aliphatic carbocycles. The Bertz CT molecular complexity index is 504. The summed E-state index contributed by atoms with van der Waals surface area (Å²) in [6, 6.07) is -0.788. The molecule has 0 fully saturated rings. The second-order valence-corrected chi connectivity index (χ2v) is 4.60. The van der Waals surface area contributed by atoms with E-state index in [0.717, 1.165) is 6.07 Å². The molecule has 6 nitrogen and oxygen atoms in total. The van der Waals surface area contributed by atoms with Crippen LogP contribution in [-0.4, -0.2) is 34.9 Å². The van der Waals surface area contributed by atoms with Crippen molar-refractivity contribution in [2.75, 3.05) is 11.9 Å². The van der Waals surface area contributed by atoms with E-state index in [1.807, 2.05) is 5.32 Å². The summed E-state index contributed by atoms with van der Waals surface area (Å²) in [4.78, 5) is 22.3. The Morgan fingerprint density at radius 2 is 2.00 bits per heavy atom. The zero-order valence-corrected chi connectivity index (χ0v) is 11.6. The summed E-state index contributed by atoms with van der Waals surface area (Å²) >= 11 is 2.87. The standard InChI is InChI=1S/C11H11BrF2N2O4/c12-6-3-5(13)4-7(14)9(6)16-11(20)15-8(1-2-17)10(18)19/h3-4,8,17H,1-2H2,(H,18,19)(H2,15,16,20). The van der Waals surface area contributed by atoms with Gasteiger partial charge >= 0.3 is 12.0 Å². The molecule has 0 aliphatic rings. The van der Waals surface area contributed by atoms with Gasteiger partial charge in [-0.05, 0) is 22.0 Å². The molecule has 0 aromatic heterocycles. The van der Waals surface area contributed by atoms with Gasteiger partial charge in [-0.25, -0.2) is 18.4 Å². The molecule has 1 aromatic carbocycles. The predicted molar refractivity (Wildman–Crippen MR) is 69.3 cm³/mol. The van der Waals surface area contributed by atoms with Crippen molar-refractivity contribution in [2.24, 2.45) is 0 Å². The molecule has 4 N–H and O–H groups in total. The second kappa shape index (κ2) is 7.15. The largest absolute Gasteiger partial charge is 0.480 e. The van der Waals surface area contributed by atoms with E-state index in [9.17, 15) is 18.4 Å². The third-order valence-corrected chi connectivity index (χ3v) is 2.89. The first-order valence-electron chi connectivity index (χ1n) is 5.41. The quantitative estimate of drug-likeness (QED) is 0.647. The Balaban J connectivity index is 2.78. The van der Waals surface area contributed by atoms with E-state index in [4.69, 9.17) is 10.2 Å². The molecule has 1 unspecified atom stereocenters. The molecular formula is C11H11BrF2N2O4. The number of hydrogen-bond donors (Lipinski definition) is 4. The monoisotopic (exact) mass is 352 g/mol. The second-order valence-electron chi connectivity index (χ2n) is 3.75. The van der Waals surface area contributed by atoms with Crippen molar-refractivity contribution in [3.8, 4) is 0 Å². The number of hydrogen-bond acceptors (Lipinski definition) is 3. The number of anilines is 1. The maximum Gasteiger partial charge on any atom is 0.326 e. The number of nitrogens with one attached hydrogen (secondary N) is 2. The van der Waals surface area contributed by atoms with Gasteiger partial charge in [-0.15, -0.1) is 0 Å². The van der Waals surface area contributed by atoms with Crippen LogP contribution in [0.4, 0.5) is 19.3 Å². The van der Waals surface area contributed by atoms with Crippen LogP contribution in [0.3, 0.4) is 0 Å². The molecule has 1 rings (SSSR count). The Labute approximate surface area is 120 Å². The number of benzene rings is 1. The van der Waals surface area contributed by atoms with Gasteiger partial charge in [0.25, 0.3) is 0 Å². The highest BCUT2D eigenvalue weighted by molar-refractivity contribution is 9.10. The topological polar surface area (TPSA) is 98.7 Å². The molecule has 9 heteroatoms. The molecule has 0 saturated heterocycles. The number of carboxylic acids is 1. The number of urea groups is 1. The number of aliphatic carboxylic acids is 1. The van der Waals surface area contributed by atoms with Gasteiger partial charge in [-0.1, -0.05) is 0 Å². The normalized spacial score (nSPS) is 11.8. The first kappa shape index (κ1) is 16.3. The molecule has 0 saturated carbocycles. The fourth-order valence-electron chi connectivity index (χ4n) is 1.36. The summed E-state index contributed by atoms with van der Waals surface area (Å²) in [6.07, 6.45) is -0.199. The Morgan fingerprint density at radius 1 is 1.35 bits per heavy atom. The third kappa shape index (κ3) is 4.42. The van der Waals surface area contributed by atoms with Gasteiger partial charge in [0, 0.05) is 23.6 Å². The predicted octanol–water partition coefficient (Wildman–Crippen LogP) is 1.68. The van der Waals surface area contributed by atoms with Crippen LogP contribution < -0.4 is 10.6 Å². The first-order chi connectivity index (χ1) is 9.35. The Hall–Kier alpha value is -1.74. The molecule has 0 spiro atoms. The molecule has 1 atom stereocenters. The van der Waals surface area contributed by atoms with E-state index >= 15 is 0 Å². The molecular weight excluding hydrogens is 342 g/mol. The lowest BCUT2D eigenvalue weighted by Crippen LogP contribution is -2.43. The van der Waals surface area contributed by atoms with Gasteiger partial charge < -0.3 is 20.8 Å². The first-order valence-corrected chi connectivity index (χ1v) is 6.20. The highest BCUT2D eigenvalue weighted by Crippen LogP contribution is 2.26. The van der Waals surface area contributed by atoms with Crippen molar-refractivity contribution in [1.29, 1.82) is 0 Å². The highest BCUT2D eigenvalue weighted by atomic mass is 79.9. The van der Waals surface area contributed by atoms with Crippen molar-refractivity contribution in [2.45, 2.75) is 12.5 Å². The summed E-state index contributed by atoms with van der Waals surface area (Å²) in [7, 11) is 0. The van der Waals surface area contributed by atoms with Crippen molar-refractivity contribution in [3.05, 3.63) is 28.2 Å². The lowest BCUT2D eigenvalue weighted by molar-refractivity contribution is -0.139. The zero-order chi connectivity index (χ0) is 15.3. The molecule has 0 heterocycles. The maximum absolute atomic E-state index is 13.4. The minimum Gasteiger partial charge on any atom is -0.480 e. The van der Waals surface area contributed by atoms with Crippen LogP contribution in [-0.2, 0) is 4.79 Å². The molecule has 2 amide bonds. The lowest BCUT2D eigenvalue weighted by atomic mass is 10.2. The van der Waals surface area contributed by atoms with E-state index in [2.05, 4.69) is 21.2 Å². The SMILES string of the molecule is O=C(Nc1c(F)cc(F)cc1Br)NC(CCO)C(=O)O. The minimum atomic E-state index is -1.34. The average molecular weight is 353 g/mol. The number of rotatable bonds is 5. The maximum atomic E-state index is 13.4. The molecule has 0 bridgehead atoms. The van der Waals surface area contributed by atoms with Gasteiger partial charge in [0.2, 0.25) is 0 Å². The van der Waals surface area contributed by atoms with Crippen LogP contribution in [0.1, 0.15) is 6.42 Å². The van der Waals surface area contributed by atoms with E-state index < -0.39 is 36.3 Å². The van der Waals surface area contributed by atoms with Crippen LogP contribution in [0.2, 0.25) is 0 Å². The van der Waals surface area contributed by atoms with Crippen molar-refractivity contribution in [1.82, 2.24) is 5.32 Å². The lowest BCUT2D eigenvalue weighted by Gasteiger charge is -2.15. The van der Waals surface area contributed by atoms with Gasteiger partial charge in [0.05, 0.1) is 5.69 Å². The summed E-state index contributed by atoms with van der Waals surface area (Å²) in [5.74, 6) is -3.18. The summed E-state index contributed by atoms with van der Waals surface area (Å²) in [5, 5.41) is 21.6. The van der Waals surface area contributed by atoms with E-state index in [1.54, 1.807) is 0 Å². The number of carbonyl (C=O) groups is 2. The fourth-order valence-corrected chi connectivity index (χ4v) is 1.86. The van der Waals surface area contributed by atoms with Gasteiger partial charge in [-0.2, -0.15) is 0 Å². The van der Waals surface area contributed by atoms with Crippen LogP contribution in [0, 0.1) is 11.6 Å². The van der Waals surface area contributed by atoms with Gasteiger partial charge in [0.15, 0.2) is 5.82 Å².